The van der Waals surface area contributed by atoms with Gasteiger partial charge in [-0.1, -0.05) is 18.2 Å². The van der Waals surface area contributed by atoms with Crippen molar-refractivity contribution in [2.45, 2.75) is 13.5 Å². The highest BCUT2D eigenvalue weighted by Gasteiger charge is 2.06. The number of nitrogens with zero attached hydrogens (tertiary/aromatic N) is 1. The summed E-state index contributed by atoms with van der Waals surface area (Å²) >= 11 is 1.62. The highest BCUT2D eigenvalue weighted by Crippen LogP contribution is 2.16. The maximum Gasteiger partial charge on any atom is 0.253 e. The fourth-order valence-corrected chi connectivity index (χ4v) is 2.80. The van der Waals surface area contributed by atoms with Crippen molar-refractivity contribution >= 4 is 28.7 Å². The summed E-state index contributed by atoms with van der Waals surface area (Å²) in [5.74, 6) is 0.596. The van der Waals surface area contributed by atoms with E-state index < -0.39 is 0 Å². The number of carbonyl (C=O) groups is 1. The van der Waals surface area contributed by atoms with Crippen molar-refractivity contribution in [3.63, 3.8) is 0 Å². The van der Waals surface area contributed by atoms with E-state index in [4.69, 9.17) is 0 Å². The average molecular weight is 323 g/mol. The molecule has 0 atom stereocenters. The van der Waals surface area contributed by atoms with E-state index in [2.05, 4.69) is 15.6 Å². The van der Waals surface area contributed by atoms with Crippen LogP contribution in [0.5, 0.6) is 0 Å². The zero-order valence-corrected chi connectivity index (χ0v) is 13.6. The molecule has 23 heavy (non-hydrogen) atoms. The van der Waals surface area contributed by atoms with Crippen LogP contribution < -0.4 is 10.6 Å². The largest absolute Gasteiger partial charge is 0.347 e. The fraction of sp³-hybridized carbons (Fsp3) is 0.111. The van der Waals surface area contributed by atoms with Crippen molar-refractivity contribution < 1.29 is 4.79 Å². The average Bonchev–Trinajstić information content (AvgIpc) is 3.07. The molecule has 2 N–H and O–H groups in total. The SMILES string of the molecule is Cc1cccc(Nc2ccc(C(=O)NCc3cccs3)cn2)c1. The predicted octanol–water partition coefficient (Wildman–Crippen LogP) is 4.13. The number of aryl methyl sites for hydroxylation is 1. The number of aromatic nitrogens is 1. The quantitative estimate of drug-likeness (QED) is 0.742. The lowest BCUT2D eigenvalue weighted by molar-refractivity contribution is 0.0951. The van der Waals surface area contributed by atoms with Gasteiger partial charge in [-0.05, 0) is 48.2 Å². The summed E-state index contributed by atoms with van der Waals surface area (Å²) in [6.45, 7) is 2.58. The van der Waals surface area contributed by atoms with Gasteiger partial charge in [-0.15, -0.1) is 11.3 Å². The van der Waals surface area contributed by atoms with E-state index in [0.29, 0.717) is 17.9 Å². The highest BCUT2D eigenvalue weighted by atomic mass is 32.1. The molecule has 0 fully saturated rings. The molecule has 3 rings (SSSR count). The van der Waals surface area contributed by atoms with E-state index >= 15 is 0 Å². The van der Waals surface area contributed by atoms with Crippen LogP contribution in [0.4, 0.5) is 11.5 Å². The molecule has 4 nitrogen and oxygen atoms in total. The number of thiophene rings is 1. The van der Waals surface area contributed by atoms with Gasteiger partial charge in [-0.3, -0.25) is 4.79 Å². The molecule has 0 aliphatic carbocycles. The summed E-state index contributed by atoms with van der Waals surface area (Å²) in [5, 5.41) is 8.11. The van der Waals surface area contributed by atoms with E-state index in [1.807, 2.05) is 54.8 Å². The van der Waals surface area contributed by atoms with Crippen LogP contribution in [0.1, 0.15) is 20.8 Å². The molecule has 0 spiro atoms. The summed E-state index contributed by atoms with van der Waals surface area (Å²) in [6, 6.07) is 15.6. The number of hydrogen-bond acceptors (Lipinski definition) is 4. The van der Waals surface area contributed by atoms with E-state index in [0.717, 1.165) is 10.6 Å². The summed E-state index contributed by atoms with van der Waals surface area (Å²) in [6.07, 6.45) is 1.59. The standard InChI is InChI=1S/C18H17N3OS/c1-13-4-2-5-15(10-13)21-17-8-7-14(11-19-17)18(22)20-12-16-6-3-9-23-16/h2-11H,12H2,1H3,(H,19,21)(H,20,22). The Bertz CT molecular complexity index is 782. The van der Waals surface area contributed by atoms with Crippen molar-refractivity contribution in [3.8, 4) is 0 Å². The molecule has 0 aliphatic rings. The number of pyridine rings is 1. The number of hydrogen-bond donors (Lipinski definition) is 2. The predicted molar refractivity (Wildman–Crippen MR) is 94.2 cm³/mol. The normalized spacial score (nSPS) is 10.3. The van der Waals surface area contributed by atoms with Gasteiger partial charge in [0.05, 0.1) is 12.1 Å². The van der Waals surface area contributed by atoms with Crippen LogP contribution in [0, 0.1) is 6.92 Å². The number of carbonyl (C=O) groups excluding carboxylic acids is 1. The van der Waals surface area contributed by atoms with Crippen LogP contribution in [0.15, 0.2) is 60.1 Å². The molecule has 3 aromatic rings. The zero-order chi connectivity index (χ0) is 16.1. The second-order valence-electron chi connectivity index (χ2n) is 5.19. The number of nitrogens with one attached hydrogen (secondary N) is 2. The minimum absolute atomic E-state index is 0.118. The summed E-state index contributed by atoms with van der Waals surface area (Å²) in [4.78, 5) is 17.5. The third kappa shape index (κ3) is 4.17. The molecule has 0 unspecified atom stereocenters. The fourth-order valence-electron chi connectivity index (χ4n) is 2.16. The van der Waals surface area contributed by atoms with E-state index in [1.165, 1.54) is 5.56 Å². The van der Waals surface area contributed by atoms with Crippen molar-refractivity contribution in [1.29, 1.82) is 0 Å². The van der Waals surface area contributed by atoms with Gasteiger partial charge in [0, 0.05) is 16.8 Å². The van der Waals surface area contributed by atoms with Gasteiger partial charge < -0.3 is 10.6 Å². The summed E-state index contributed by atoms with van der Waals surface area (Å²) in [7, 11) is 0. The number of benzene rings is 1. The highest BCUT2D eigenvalue weighted by molar-refractivity contribution is 7.09. The van der Waals surface area contributed by atoms with Crippen LogP contribution >= 0.6 is 11.3 Å². The maximum absolute atomic E-state index is 12.1. The Morgan fingerprint density at radius 1 is 1.17 bits per heavy atom. The molecule has 2 heterocycles. The lowest BCUT2D eigenvalue weighted by Crippen LogP contribution is -2.22. The topological polar surface area (TPSA) is 54.0 Å². The molecule has 2 aromatic heterocycles. The van der Waals surface area contributed by atoms with E-state index in [9.17, 15) is 4.79 Å². The first-order valence-corrected chi connectivity index (χ1v) is 8.19. The number of anilines is 2. The molecule has 0 bridgehead atoms. The van der Waals surface area contributed by atoms with Gasteiger partial charge in [0.25, 0.3) is 5.91 Å². The molecule has 5 heteroatoms. The lowest BCUT2D eigenvalue weighted by atomic mass is 10.2. The Hall–Kier alpha value is -2.66. The van der Waals surface area contributed by atoms with Gasteiger partial charge >= 0.3 is 0 Å². The Labute approximate surface area is 139 Å². The van der Waals surface area contributed by atoms with Crippen molar-refractivity contribution in [1.82, 2.24) is 10.3 Å². The molecule has 116 valence electrons. The van der Waals surface area contributed by atoms with Crippen LogP contribution in [-0.4, -0.2) is 10.9 Å². The Kier molecular flexibility index (Phi) is 4.68. The van der Waals surface area contributed by atoms with Crippen LogP contribution in [0.25, 0.3) is 0 Å². The minimum Gasteiger partial charge on any atom is -0.347 e. The van der Waals surface area contributed by atoms with Crippen molar-refractivity contribution in [2.75, 3.05) is 5.32 Å². The van der Waals surface area contributed by atoms with Gasteiger partial charge in [0.15, 0.2) is 0 Å². The zero-order valence-electron chi connectivity index (χ0n) is 12.7. The Morgan fingerprint density at radius 2 is 2.09 bits per heavy atom. The van der Waals surface area contributed by atoms with Gasteiger partial charge in [0.2, 0.25) is 0 Å². The van der Waals surface area contributed by atoms with Crippen molar-refractivity contribution in [2.24, 2.45) is 0 Å². The molecule has 0 saturated heterocycles. The minimum atomic E-state index is -0.118. The maximum atomic E-state index is 12.1. The Balaban J connectivity index is 1.61. The molecule has 1 aromatic carbocycles. The monoisotopic (exact) mass is 323 g/mol. The molecular formula is C18H17N3OS. The third-order valence-corrected chi connectivity index (χ3v) is 4.20. The molecule has 0 aliphatic heterocycles. The molecule has 1 amide bonds. The van der Waals surface area contributed by atoms with Crippen molar-refractivity contribution in [3.05, 3.63) is 76.1 Å². The number of amides is 1. The van der Waals surface area contributed by atoms with E-state index in [-0.39, 0.29) is 5.91 Å². The van der Waals surface area contributed by atoms with Crippen LogP contribution in [-0.2, 0) is 6.54 Å². The second kappa shape index (κ2) is 7.07. The van der Waals surface area contributed by atoms with Crippen LogP contribution in [0.3, 0.4) is 0 Å². The first-order chi connectivity index (χ1) is 11.2. The molecule has 0 radical (unpaired) electrons. The van der Waals surface area contributed by atoms with E-state index in [1.54, 1.807) is 23.6 Å². The van der Waals surface area contributed by atoms with Crippen LogP contribution in [0.2, 0.25) is 0 Å². The first kappa shape index (κ1) is 15.2. The second-order valence-corrected chi connectivity index (χ2v) is 6.22. The first-order valence-electron chi connectivity index (χ1n) is 7.31. The van der Waals surface area contributed by atoms with Gasteiger partial charge in [-0.2, -0.15) is 0 Å². The smallest absolute Gasteiger partial charge is 0.253 e. The lowest BCUT2D eigenvalue weighted by Gasteiger charge is -2.07. The number of rotatable bonds is 5. The Morgan fingerprint density at radius 3 is 2.78 bits per heavy atom. The van der Waals surface area contributed by atoms with Gasteiger partial charge in [-0.25, -0.2) is 4.98 Å². The summed E-state index contributed by atoms with van der Waals surface area (Å²) in [5.41, 5.74) is 2.71. The summed E-state index contributed by atoms with van der Waals surface area (Å²) < 4.78 is 0. The molecule has 0 saturated carbocycles. The van der Waals surface area contributed by atoms with Gasteiger partial charge in [0.1, 0.15) is 5.82 Å². The third-order valence-electron chi connectivity index (χ3n) is 3.32. The molecular weight excluding hydrogens is 306 g/mol.